The van der Waals surface area contributed by atoms with Crippen LogP contribution in [0.1, 0.15) is 23.5 Å². The zero-order valence-corrected chi connectivity index (χ0v) is 9.66. The van der Waals surface area contributed by atoms with E-state index in [1.807, 2.05) is 44.2 Å². The van der Waals surface area contributed by atoms with E-state index in [1.165, 1.54) is 0 Å². The van der Waals surface area contributed by atoms with Crippen molar-refractivity contribution < 1.29 is 4.52 Å². The van der Waals surface area contributed by atoms with Gasteiger partial charge in [0.15, 0.2) is 0 Å². The van der Waals surface area contributed by atoms with Crippen molar-refractivity contribution in [2.45, 2.75) is 19.1 Å². The van der Waals surface area contributed by atoms with Gasteiger partial charge in [0.1, 0.15) is 11.5 Å². The summed E-state index contributed by atoms with van der Waals surface area (Å²) in [5.74, 6) is 0.844. The van der Waals surface area contributed by atoms with Crippen LogP contribution in [0.3, 0.4) is 0 Å². The van der Waals surface area contributed by atoms with Crippen molar-refractivity contribution >= 4 is 12.6 Å². The first-order chi connectivity index (χ1) is 7.20. The third kappa shape index (κ3) is 1.92. The lowest BCUT2D eigenvalue weighted by molar-refractivity contribution is 0.398. The lowest BCUT2D eigenvalue weighted by atomic mass is 10.0. The third-order valence-electron chi connectivity index (χ3n) is 2.37. The van der Waals surface area contributed by atoms with Gasteiger partial charge in [-0.15, -0.1) is 0 Å². The molecule has 0 radical (unpaired) electrons. The summed E-state index contributed by atoms with van der Waals surface area (Å²) in [7, 11) is 0. The molecule has 2 nitrogen and oxygen atoms in total. The molecule has 2 rings (SSSR count). The molecule has 0 bridgehead atoms. The number of hydrogen-bond acceptors (Lipinski definition) is 3. The Hall–Kier alpha value is -1.22. The maximum Gasteiger partial charge on any atom is 0.138 e. The highest BCUT2D eigenvalue weighted by Gasteiger charge is 2.17. The van der Waals surface area contributed by atoms with Gasteiger partial charge in [-0.2, -0.15) is 12.6 Å². The molecule has 0 saturated heterocycles. The quantitative estimate of drug-likeness (QED) is 0.780. The minimum atomic E-state index is 0.131. The van der Waals surface area contributed by atoms with Crippen LogP contribution in [0.15, 0.2) is 34.9 Å². The molecule has 0 N–H and O–H groups in total. The van der Waals surface area contributed by atoms with Crippen LogP contribution in [0.4, 0.5) is 0 Å². The molecule has 1 aromatic carbocycles. The Balaban J connectivity index is 2.54. The average Bonchev–Trinajstić information content (AvgIpc) is 2.61. The van der Waals surface area contributed by atoms with E-state index in [4.69, 9.17) is 4.52 Å². The van der Waals surface area contributed by atoms with E-state index in [1.54, 1.807) is 0 Å². The first-order valence-electron chi connectivity index (χ1n) is 4.90. The van der Waals surface area contributed by atoms with Crippen molar-refractivity contribution in [3.8, 4) is 11.3 Å². The highest BCUT2D eigenvalue weighted by molar-refractivity contribution is 7.80. The fraction of sp³-hybridized carbons (Fsp3) is 0.250. The normalized spacial score (nSPS) is 12.7. The second kappa shape index (κ2) is 4.11. The van der Waals surface area contributed by atoms with E-state index in [0.29, 0.717) is 0 Å². The summed E-state index contributed by atoms with van der Waals surface area (Å²) in [5, 5.41) is 4.21. The second-order valence-electron chi connectivity index (χ2n) is 3.54. The third-order valence-corrected chi connectivity index (χ3v) is 2.63. The Bertz CT molecular complexity index is 448. The van der Waals surface area contributed by atoms with Crippen LogP contribution in [-0.4, -0.2) is 5.16 Å². The summed E-state index contributed by atoms with van der Waals surface area (Å²) in [6.07, 6.45) is 0. The Morgan fingerprint density at radius 1 is 1.27 bits per heavy atom. The van der Waals surface area contributed by atoms with Gasteiger partial charge < -0.3 is 4.52 Å². The summed E-state index contributed by atoms with van der Waals surface area (Å²) in [5.41, 5.74) is 3.05. The average molecular weight is 219 g/mol. The zero-order valence-electron chi connectivity index (χ0n) is 8.77. The van der Waals surface area contributed by atoms with E-state index >= 15 is 0 Å². The molecule has 78 valence electrons. The van der Waals surface area contributed by atoms with E-state index < -0.39 is 0 Å². The summed E-state index contributed by atoms with van der Waals surface area (Å²) < 4.78 is 5.21. The number of aromatic nitrogens is 1. The summed E-state index contributed by atoms with van der Waals surface area (Å²) in [4.78, 5) is 0. The molecule has 0 aliphatic carbocycles. The molecular weight excluding hydrogens is 206 g/mol. The van der Waals surface area contributed by atoms with E-state index in [-0.39, 0.29) is 5.25 Å². The molecule has 1 heterocycles. The highest BCUT2D eigenvalue weighted by Crippen LogP contribution is 2.32. The van der Waals surface area contributed by atoms with Crippen molar-refractivity contribution in [2.75, 3.05) is 0 Å². The van der Waals surface area contributed by atoms with Crippen LogP contribution in [0.2, 0.25) is 0 Å². The van der Waals surface area contributed by atoms with Crippen molar-refractivity contribution in [3.63, 3.8) is 0 Å². The van der Waals surface area contributed by atoms with Crippen molar-refractivity contribution in [2.24, 2.45) is 0 Å². The van der Waals surface area contributed by atoms with Crippen LogP contribution >= 0.6 is 12.6 Å². The number of hydrogen-bond donors (Lipinski definition) is 1. The second-order valence-corrected chi connectivity index (χ2v) is 4.32. The SMILES string of the molecule is Cc1onc(-c2ccccc2)c1C(C)S. The Morgan fingerprint density at radius 2 is 1.93 bits per heavy atom. The lowest BCUT2D eigenvalue weighted by Gasteiger charge is -2.04. The topological polar surface area (TPSA) is 26.0 Å². The number of thiol groups is 1. The van der Waals surface area contributed by atoms with Gasteiger partial charge in [0.05, 0.1) is 0 Å². The number of nitrogens with zero attached hydrogens (tertiary/aromatic N) is 1. The van der Waals surface area contributed by atoms with Gasteiger partial charge in [-0.1, -0.05) is 35.5 Å². The van der Waals surface area contributed by atoms with Crippen LogP contribution < -0.4 is 0 Å². The summed E-state index contributed by atoms with van der Waals surface area (Å²) >= 11 is 4.44. The molecule has 0 spiro atoms. The largest absolute Gasteiger partial charge is 0.361 e. The van der Waals surface area contributed by atoms with Gasteiger partial charge >= 0.3 is 0 Å². The molecule has 1 unspecified atom stereocenters. The molecule has 0 saturated carbocycles. The van der Waals surface area contributed by atoms with Crippen molar-refractivity contribution in [1.29, 1.82) is 0 Å². The summed E-state index contributed by atoms with van der Waals surface area (Å²) in [6, 6.07) is 10.0. The smallest absolute Gasteiger partial charge is 0.138 e. The van der Waals surface area contributed by atoms with Gasteiger partial charge in [-0.3, -0.25) is 0 Å². The van der Waals surface area contributed by atoms with Crippen LogP contribution in [0, 0.1) is 6.92 Å². The van der Waals surface area contributed by atoms with Crippen LogP contribution in [0.5, 0.6) is 0 Å². The van der Waals surface area contributed by atoms with Crippen molar-refractivity contribution in [1.82, 2.24) is 5.16 Å². The molecule has 0 fully saturated rings. The number of benzene rings is 1. The zero-order chi connectivity index (χ0) is 10.8. The van der Waals surface area contributed by atoms with E-state index in [2.05, 4.69) is 17.8 Å². The molecule has 15 heavy (non-hydrogen) atoms. The van der Waals surface area contributed by atoms with Gasteiger partial charge in [-0.25, -0.2) is 0 Å². The van der Waals surface area contributed by atoms with Crippen molar-refractivity contribution in [3.05, 3.63) is 41.7 Å². The molecule has 0 amide bonds. The monoisotopic (exact) mass is 219 g/mol. The van der Waals surface area contributed by atoms with Gasteiger partial charge in [0.25, 0.3) is 0 Å². The van der Waals surface area contributed by atoms with Crippen LogP contribution in [-0.2, 0) is 0 Å². The van der Waals surface area contributed by atoms with Gasteiger partial charge in [0, 0.05) is 16.4 Å². The molecule has 1 atom stereocenters. The number of aryl methyl sites for hydroxylation is 1. The maximum absolute atomic E-state index is 5.21. The first kappa shape index (κ1) is 10.3. The Labute approximate surface area is 94.7 Å². The van der Waals surface area contributed by atoms with Crippen LogP contribution in [0.25, 0.3) is 11.3 Å². The standard InChI is InChI=1S/C12H13NOS/c1-8-11(9(2)15)12(13-14-8)10-6-4-3-5-7-10/h3-7,9,15H,1-2H3. The Kier molecular flexibility index (Phi) is 2.82. The Morgan fingerprint density at radius 3 is 2.53 bits per heavy atom. The fourth-order valence-electron chi connectivity index (χ4n) is 1.68. The van der Waals surface area contributed by atoms with E-state index in [0.717, 1.165) is 22.6 Å². The predicted molar refractivity (Wildman–Crippen MR) is 64.1 cm³/mol. The lowest BCUT2D eigenvalue weighted by Crippen LogP contribution is -1.89. The maximum atomic E-state index is 5.21. The summed E-state index contributed by atoms with van der Waals surface area (Å²) in [6.45, 7) is 3.94. The minimum Gasteiger partial charge on any atom is -0.361 e. The van der Waals surface area contributed by atoms with E-state index in [9.17, 15) is 0 Å². The van der Waals surface area contributed by atoms with Gasteiger partial charge in [0.2, 0.25) is 0 Å². The highest BCUT2D eigenvalue weighted by atomic mass is 32.1. The molecule has 0 aliphatic heterocycles. The van der Waals surface area contributed by atoms with Gasteiger partial charge in [-0.05, 0) is 13.8 Å². The molecule has 3 heteroatoms. The first-order valence-corrected chi connectivity index (χ1v) is 5.41. The number of rotatable bonds is 2. The molecule has 0 aliphatic rings. The fourth-order valence-corrected chi connectivity index (χ4v) is 1.98. The molecular formula is C12H13NOS. The minimum absolute atomic E-state index is 0.131. The molecule has 2 aromatic rings. The predicted octanol–water partition coefficient (Wildman–Crippen LogP) is 3.64. The molecule has 1 aromatic heterocycles.